The molecule has 17 heavy (non-hydrogen) atoms. The van der Waals surface area contributed by atoms with Crippen LogP contribution in [0.4, 0.5) is 5.82 Å². The molecule has 0 bridgehead atoms. The van der Waals surface area contributed by atoms with Gasteiger partial charge in [-0.2, -0.15) is 5.26 Å². The van der Waals surface area contributed by atoms with E-state index in [4.69, 9.17) is 5.26 Å². The van der Waals surface area contributed by atoms with Crippen molar-refractivity contribution < 1.29 is 0 Å². The maximum atomic E-state index is 8.93. The first-order valence-corrected chi connectivity index (χ1v) is 5.89. The first-order chi connectivity index (χ1) is 8.26. The molecular weight excluding hydrogens is 278 g/mol. The van der Waals surface area contributed by atoms with Gasteiger partial charge in [-0.25, -0.2) is 4.98 Å². The van der Waals surface area contributed by atoms with Crippen LogP contribution in [0.5, 0.6) is 0 Å². The molecule has 1 heterocycles. The Labute approximate surface area is 108 Å². The lowest BCUT2D eigenvalue weighted by atomic mass is 10.1. The van der Waals surface area contributed by atoms with E-state index in [0.29, 0.717) is 11.4 Å². The van der Waals surface area contributed by atoms with E-state index >= 15 is 0 Å². The predicted molar refractivity (Wildman–Crippen MR) is 71.6 cm³/mol. The maximum Gasteiger partial charge on any atom is 0.144 e. The molecule has 0 unspecified atom stereocenters. The third-order valence-electron chi connectivity index (χ3n) is 2.40. The summed E-state index contributed by atoms with van der Waals surface area (Å²) in [6, 6.07) is 13.6. The molecule has 0 saturated carbocycles. The number of rotatable bonds is 2. The number of halogens is 1. The van der Waals surface area contributed by atoms with E-state index in [-0.39, 0.29) is 0 Å². The highest BCUT2D eigenvalue weighted by Gasteiger charge is 2.07. The Bertz CT molecular complexity index is 587. The summed E-state index contributed by atoms with van der Waals surface area (Å²) in [6.45, 7) is 0. The van der Waals surface area contributed by atoms with Crippen molar-refractivity contribution in [2.75, 3.05) is 12.4 Å². The van der Waals surface area contributed by atoms with Crippen molar-refractivity contribution in [3.8, 4) is 17.3 Å². The number of anilines is 1. The number of benzene rings is 1. The average molecular weight is 288 g/mol. The number of hydrogen-bond acceptors (Lipinski definition) is 3. The summed E-state index contributed by atoms with van der Waals surface area (Å²) < 4.78 is 0.985. The highest BCUT2D eigenvalue weighted by atomic mass is 79.9. The molecule has 2 rings (SSSR count). The van der Waals surface area contributed by atoms with Gasteiger partial charge in [0.15, 0.2) is 0 Å². The second-order valence-corrected chi connectivity index (χ2v) is 4.29. The fourth-order valence-corrected chi connectivity index (χ4v) is 2.05. The first kappa shape index (κ1) is 11.6. The van der Waals surface area contributed by atoms with Crippen LogP contribution in [0.3, 0.4) is 0 Å². The quantitative estimate of drug-likeness (QED) is 0.921. The van der Waals surface area contributed by atoms with Gasteiger partial charge in [0.25, 0.3) is 0 Å². The Kier molecular flexibility index (Phi) is 3.40. The number of nitriles is 1. The van der Waals surface area contributed by atoms with Crippen LogP contribution >= 0.6 is 15.9 Å². The molecular formula is C13H10BrN3. The molecule has 0 atom stereocenters. The highest BCUT2D eigenvalue weighted by Crippen LogP contribution is 2.28. The van der Waals surface area contributed by atoms with Crippen molar-refractivity contribution in [2.24, 2.45) is 0 Å². The van der Waals surface area contributed by atoms with E-state index in [1.165, 1.54) is 0 Å². The van der Waals surface area contributed by atoms with Crippen molar-refractivity contribution in [2.45, 2.75) is 0 Å². The van der Waals surface area contributed by atoms with Gasteiger partial charge in [0.05, 0.1) is 11.3 Å². The molecule has 1 aromatic carbocycles. The summed E-state index contributed by atoms with van der Waals surface area (Å²) in [5.41, 5.74) is 2.39. The summed E-state index contributed by atoms with van der Waals surface area (Å²) in [7, 11) is 1.76. The van der Waals surface area contributed by atoms with Crippen LogP contribution in [-0.4, -0.2) is 12.0 Å². The lowest BCUT2D eigenvalue weighted by Crippen LogP contribution is -1.97. The summed E-state index contributed by atoms with van der Waals surface area (Å²) in [4.78, 5) is 4.43. The van der Waals surface area contributed by atoms with Crippen LogP contribution in [0.1, 0.15) is 5.56 Å². The van der Waals surface area contributed by atoms with Gasteiger partial charge in [-0.3, -0.25) is 0 Å². The lowest BCUT2D eigenvalue weighted by Gasteiger charge is -2.07. The van der Waals surface area contributed by atoms with E-state index in [1.807, 2.05) is 30.3 Å². The summed E-state index contributed by atoms with van der Waals surface area (Å²) in [5.74, 6) is 0.598. The minimum atomic E-state index is 0.545. The molecule has 2 aromatic rings. The molecule has 84 valence electrons. The fraction of sp³-hybridized carbons (Fsp3) is 0.0769. The average Bonchev–Trinajstić information content (AvgIpc) is 2.38. The van der Waals surface area contributed by atoms with Crippen LogP contribution in [-0.2, 0) is 0 Å². The second-order valence-electron chi connectivity index (χ2n) is 3.43. The number of hydrogen-bond donors (Lipinski definition) is 1. The predicted octanol–water partition coefficient (Wildman–Crippen LogP) is 3.42. The van der Waals surface area contributed by atoms with Gasteiger partial charge in [0, 0.05) is 17.1 Å². The van der Waals surface area contributed by atoms with Crippen LogP contribution in [0.2, 0.25) is 0 Å². The zero-order chi connectivity index (χ0) is 12.3. The largest absolute Gasteiger partial charge is 0.372 e. The van der Waals surface area contributed by atoms with Gasteiger partial charge in [0.1, 0.15) is 11.9 Å². The summed E-state index contributed by atoms with van der Waals surface area (Å²) in [5, 5.41) is 11.9. The Morgan fingerprint density at radius 2 is 2.00 bits per heavy atom. The Hall–Kier alpha value is -1.86. The monoisotopic (exact) mass is 287 g/mol. The molecule has 0 aliphatic carbocycles. The molecule has 0 amide bonds. The van der Waals surface area contributed by atoms with Crippen molar-refractivity contribution in [1.29, 1.82) is 5.26 Å². The molecule has 1 aromatic heterocycles. The summed E-state index contributed by atoms with van der Waals surface area (Å²) in [6.07, 6.45) is 0. The van der Waals surface area contributed by atoms with Crippen molar-refractivity contribution in [3.63, 3.8) is 0 Å². The molecule has 0 saturated heterocycles. The summed E-state index contributed by atoms with van der Waals surface area (Å²) >= 11 is 3.49. The molecule has 0 radical (unpaired) electrons. The topological polar surface area (TPSA) is 48.7 Å². The number of aromatic nitrogens is 1. The van der Waals surface area contributed by atoms with Crippen molar-refractivity contribution >= 4 is 21.7 Å². The van der Waals surface area contributed by atoms with Crippen molar-refractivity contribution in [1.82, 2.24) is 4.98 Å². The highest BCUT2D eigenvalue weighted by molar-refractivity contribution is 9.10. The van der Waals surface area contributed by atoms with Gasteiger partial charge >= 0.3 is 0 Å². The van der Waals surface area contributed by atoms with Crippen LogP contribution in [0.25, 0.3) is 11.3 Å². The Balaban J connectivity index is 2.55. The minimum Gasteiger partial charge on any atom is -0.372 e. The van der Waals surface area contributed by atoms with Crippen LogP contribution in [0, 0.1) is 11.3 Å². The maximum absolute atomic E-state index is 8.93. The molecule has 4 heteroatoms. The zero-order valence-corrected chi connectivity index (χ0v) is 10.8. The molecule has 0 fully saturated rings. The molecule has 0 aliphatic heterocycles. The number of nitrogens with zero attached hydrogens (tertiary/aromatic N) is 2. The van der Waals surface area contributed by atoms with Gasteiger partial charge < -0.3 is 5.32 Å². The number of nitrogens with one attached hydrogen (secondary N) is 1. The molecule has 0 aliphatic rings. The second kappa shape index (κ2) is 4.98. The van der Waals surface area contributed by atoms with Gasteiger partial charge in [-0.1, -0.05) is 34.1 Å². The van der Waals surface area contributed by atoms with Gasteiger partial charge in [-0.15, -0.1) is 0 Å². The minimum absolute atomic E-state index is 0.545. The van der Waals surface area contributed by atoms with E-state index < -0.39 is 0 Å². The molecule has 1 N–H and O–H groups in total. The van der Waals surface area contributed by atoms with E-state index in [1.54, 1.807) is 13.1 Å². The smallest absolute Gasteiger partial charge is 0.144 e. The third-order valence-corrected chi connectivity index (χ3v) is 3.09. The molecule has 0 spiro atoms. The van der Waals surface area contributed by atoms with E-state index in [2.05, 4.69) is 32.3 Å². The third kappa shape index (κ3) is 2.29. The van der Waals surface area contributed by atoms with E-state index in [0.717, 1.165) is 15.7 Å². The number of pyridine rings is 1. The zero-order valence-electron chi connectivity index (χ0n) is 9.24. The van der Waals surface area contributed by atoms with Crippen LogP contribution in [0.15, 0.2) is 40.9 Å². The SMILES string of the molecule is CNc1nc(-c2ccccc2Br)ccc1C#N. The van der Waals surface area contributed by atoms with E-state index in [9.17, 15) is 0 Å². The Morgan fingerprint density at radius 1 is 1.24 bits per heavy atom. The van der Waals surface area contributed by atoms with Crippen LogP contribution < -0.4 is 5.32 Å². The lowest BCUT2D eigenvalue weighted by molar-refractivity contribution is 1.26. The molecule has 3 nitrogen and oxygen atoms in total. The van der Waals surface area contributed by atoms with Crippen molar-refractivity contribution in [3.05, 3.63) is 46.4 Å². The first-order valence-electron chi connectivity index (χ1n) is 5.10. The fourth-order valence-electron chi connectivity index (χ4n) is 1.56. The normalized spacial score (nSPS) is 9.71. The Morgan fingerprint density at radius 3 is 2.65 bits per heavy atom. The van der Waals surface area contributed by atoms with Gasteiger partial charge in [-0.05, 0) is 18.2 Å². The van der Waals surface area contributed by atoms with Gasteiger partial charge in [0.2, 0.25) is 0 Å². The standard InChI is InChI=1S/C13H10BrN3/c1-16-13-9(8-15)6-7-12(17-13)10-4-2-3-5-11(10)14/h2-7H,1H3,(H,16,17).